The van der Waals surface area contributed by atoms with Crippen molar-refractivity contribution in [1.29, 1.82) is 0 Å². The first kappa shape index (κ1) is 32.5. The minimum atomic E-state index is -3.90. The van der Waals surface area contributed by atoms with E-state index in [0.717, 1.165) is 12.7 Å². The van der Waals surface area contributed by atoms with Gasteiger partial charge in [-0.25, -0.2) is 19.2 Å². The van der Waals surface area contributed by atoms with Crippen molar-refractivity contribution in [3.8, 4) is 0 Å². The van der Waals surface area contributed by atoms with E-state index < -0.39 is 77.9 Å². The van der Waals surface area contributed by atoms with Gasteiger partial charge in [0.15, 0.2) is 6.10 Å². The Balaban J connectivity index is 2.04. The molecule has 0 unspecified atom stereocenters. The van der Waals surface area contributed by atoms with Crippen LogP contribution in [0.3, 0.4) is 0 Å². The lowest BCUT2D eigenvalue weighted by Gasteiger charge is -2.48. The minimum absolute atomic E-state index is 0.222. The number of carbonyl (C=O) groups is 5. The Morgan fingerprint density at radius 1 is 1.07 bits per heavy atom. The van der Waals surface area contributed by atoms with E-state index in [-0.39, 0.29) is 17.9 Å². The van der Waals surface area contributed by atoms with Gasteiger partial charge >= 0.3 is 30.0 Å². The van der Waals surface area contributed by atoms with E-state index >= 15 is 0 Å². The fourth-order valence-electron chi connectivity index (χ4n) is 5.46. The van der Waals surface area contributed by atoms with Gasteiger partial charge in [0.1, 0.15) is 12.2 Å². The SMILES string of the molecule is C=C(CC[C@]12O[C@H](C(=O)O)[C@@](O)(C(=O)O)[C@](C(=O)O)(O1)[C@H](O)[C@H]2OC(=O)OC)[C@@H](OC(C)=O)[C@H](C)Cc1ccccc1. The van der Waals surface area contributed by atoms with Gasteiger partial charge in [0.25, 0.3) is 0 Å². The molecule has 0 spiro atoms. The Morgan fingerprint density at radius 3 is 2.19 bits per heavy atom. The van der Waals surface area contributed by atoms with Crippen LogP contribution in [-0.2, 0) is 49.3 Å². The van der Waals surface area contributed by atoms with Crippen LogP contribution in [-0.4, -0.2) is 104 Å². The monoisotopic (exact) mass is 596 g/mol. The van der Waals surface area contributed by atoms with Crippen molar-refractivity contribution in [2.45, 2.75) is 74.5 Å². The summed E-state index contributed by atoms with van der Waals surface area (Å²) in [5.74, 6) is -10.4. The molecule has 2 saturated heterocycles. The van der Waals surface area contributed by atoms with E-state index in [1.165, 1.54) is 6.92 Å². The van der Waals surface area contributed by atoms with Gasteiger partial charge in [-0.1, -0.05) is 43.8 Å². The smallest absolute Gasteiger partial charge is 0.479 e. The molecular formula is C27H32O15. The van der Waals surface area contributed by atoms with Crippen LogP contribution < -0.4 is 0 Å². The summed E-state index contributed by atoms with van der Waals surface area (Å²) in [6, 6.07) is 9.21. The molecule has 0 saturated carbocycles. The second-order valence-electron chi connectivity index (χ2n) is 10.2. The number of rotatable bonds is 12. The first-order valence-electron chi connectivity index (χ1n) is 12.7. The lowest BCUT2D eigenvalue weighted by molar-refractivity contribution is -0.374. The van der Waals surface area contributed by atoms with Crippen LogP contribution in [0.5, 0.6) is 0 Å². The predicted molar refractivity (Wildman–Crippen MR) is 136 cm³/mol. The first-order valence-corrected chi connectivity index (χ1v) is 12.7. The molecule has 0 aromatic heterocycles. The highest BCUT2D eigenvalue weighted by Crippen LogP contribution is 2.55. The number of benzene rings is 1. The fraction of sp³-hybridized carbons (Fsp3) is 0.519. The zero-order valence-electron chi connectivity index (χ0n) is 22.9. The zero-order valence-corrected chi connectivity index (χ0v) is 22.9. The molecule has 2 aliphatic rings. The van der Waals surface area contributed by atoms with Crippen molar-refractivity contribution in [1.82, 2.24) is 0 Å². The van der Waals surface area contributed by atoms with Crippen LogP contribution in [0.25, 0.3) is 0 Å². The van der Waals surface area contributed by atoms with Crippen LogP contribution in [0.2, 0.25) is 0 Å². The van der Waals surface area contributed by atoms with Gasteiger partial charge in [0, 0.05) is 19.3 Å². The number of carboxylic acid groups (broad SMARTS) is 3. The summed E-state index contributed by atoms with van der Waals surface area (Å²) < 4.78 is 25.8. The molecule has 0 radical (unpaired) electrons. The van der Waals surface area contributed by atoms with Crippen molar-refractivity contribution in [3.05, 3.63) is 48.0 Å². The molecule has 1 aromatic carbocycles. The van der Waals surface area contributed by atoms with Crippen LogP contribution in [0.4, 0.5) is 4.79 Å². The van der Waals surface area contributed by atoms with Crippen LogP contribution in [0.1, 0.15) is 32.3 Å². The van der Waals surface area contributed by atoms with Crippen LogP contribution >= 0.6 is 0 Å². The molecule has 230 valence electrons. The summed E-state index contributed by atoms with van der Waals surface area (Å²) >= 11 is 0. The maximum atomic E-state index is 12.5. The minimum Gasteiger partial charge on any atom is -0.479 e. The predicted octanol–water partition coefficient (Wildman–Crippen LogP) is 0.495. The second kappa shape index (κ2) is 12.1. The van der Waals surface area contributed by atoms with Gasteiger partial charge < -0.3 is 49.2 Å². The molecule has 42 heavy (non-hydrogen) atoms. The maximum absolute atomic E-state index is 12.5. The second-order valence-corrected chi connectivity index (χ2v) is 10.2. The molecule has 15 heteroatoms. The Labute approximate surface area is 239 Å². The van der Waals surface area contributed by atoms with Gasteiger partial charge in [0.2, 0.25) is 23.1 Å². The molecule has 8 atom stereocenters. The van der Waals surface area contributed by atoms with Crippen molar-refractivity contribution < 1.29 is 73.2 Å². The number of ether oxygens (including phenoxy) is 5. The van der Waals surface area contributed by atoms with E-state index in [2.05, 4.69) is 11.3 Å². The average Bonchev–Trinajstić information content (AvgIpc) is 3.14. The number of fused-ring (bicyclic) bond motifs is 2. The quantitative estimate of drug-likeness (QED) is 0.163. The number of carbonyl (C=O) groups excluding carboxylic acids is 2. The van der Waals surface area contributed by atoms with Crippen molar-refractivity contribution in [3.63, 3.8) is 0 Å². The Kier molecular flexibility index (Phi) is 9.31. The molecule has 1 aromatic rings. The molecule has 0 aliphatic carbocycles. The average molecular weight is 597 g/mol. The summed E-state index contributed by atoms with van der Waals surface area (Å²) in [5, 5.41) is 51.8. The number of aliphatic carboxylic acids is 3. The maximum Gasteiger partial charge on any atom is 0.508 e. The van der Waals surface area contributed by atoms with Crippen LogP contribution in [0.15, 0.2) is 42.5 Å². The Hall–Kier alpha value is -4.05. The van der Waals surface area contributed by atoms with Gasteiger partial charge in [-0.2, -0.15) is 0 Å². The van der Waals surface area contributed by atoms with E-state index in [0.29, 0.717) is 6.42 Å². The third-order valence-corrected chi connectivity index (χ3v) is 7.40. The fourth-order valence-corrected chi connectivity index (χ4v) is 5.46. The molecular weight excluding hydrogens is 564 g/mol. The highest BCUT2D eigenvalue weighted by atomic mass is 16.8. The standard InChI is InChI=1S/C27H32O15/c1-13(17(39-15(3)28)14(2)12-16-8-6-5-7-9-16)10-11-25-19(40-24(36)38-4)18(29)27(42-25,23(34)35)26(37,22(32)33)20(41-25)21(30)31/h5-9,14,17-20,29,37H,1,10-12H2,2-4H3,(H,30,31)(H,32,33)(H,34,35)/t14-,17-,18-,19-,20-,25+,26-,27+/m1/s1. The number of esters is 1. The summed E-state index contributed by atoms with van der Waals surface area (Å²) in [4.78, 5) is 60.8. The van der Waals surface area contributed by atoms with Gasteiger partial charge in [0.05, 0.1) is 7.11 Å². The van der Waals surface area contributed by atoms with E-state index in [1.54, 1.807) is 6.92 Å². The molecule has 5 N–H and O–H groups in total. The molecule has 2 bridgehead atoms. The van der Waals surface area contributed by atoms with Crippen molar-refractivity contribution >= 4 is 30.0 Å². The third kappa shape index (κ3) is 5.43. The van der Waals surface area contributed by atoms with Gasteiger partial charge in [-0.3, -0.25) is 4.79 Å². The number of hydrogen-bond donors (Lipinski definition) is 5. The zero-order chi connectivity index (χ0) is 31.6. The van der Waals surface area contributed by atoms with E-state index in [9.17, 15) is 49.5 Å². The van der Waals surface area contributed by atoms with Gasteiger partial charge in [-0.15, -0.1) is 0 Å². The first-order chi connectivity index (χ1) is 19.6. The van der Waals surface area contributed by atoms with Crippen molar-refractivity contribution in [2.75, 3.05) is 7.11 Å². The molecule has 2 aliphatic heterocycles. The van der Waals surface area contributed by atoms with Crippen LogP contribution in [0, 0.1) is 5.92 Å². The number of hydrogen-bond acceptors (Lipinski definition) is 12. The number of aliphatic hydroxyl groups is 2. The number of aliphatic hydroxyl groups excluding tert-OH is 1. The van der Waals surface area contributed by atoms with Crippen molar-refractivity contribution in [2.24, 2.45) is 5.92 Å². The lowest BCUT2D eigenvalue weighted by Crippen LogP contribution is -2.77. The molecule has 15 nitrogen and oxygen atoms in total. The number of carboxylic acids is 3. The normalized spacial score (nSPS) is 31.3. The Bertz CT molecular complexity index is 1250. The summed E-state index contributed by atoms with van der Waals surface area (Å²) in [6.45, 7) is 6.92. The summed E-state index contributed by atoms with van der Waals surface area (Å²) in [6.07, 6.45) is -10.5. The molecule has 3 rings (SSSR count). The largest absolute Gasteiger partial charge is 0.508 e. The lowest BCUT2D eigenvalue weighted by atomic mass is 9.74. The highest BCUT2D eigenvalue weighted by Gasteiger charge is 2.85. The number of methoxy groups -OCH3 is 1. The van der Waals surface area contributed by atoms with Gasteiger partial charge in [-0.05, 0) is 24.0 Å². The molecule has 2 heterocycles. The highest BCUT2D eigenvalue weighted by molar-refractivity contribution is 5.97. The van der Waals surface area contributed by atoms with E-state index in [4.69, 9.17) is 18.9 Å². The summed E-state index contributed by atoms with van der Waals surface area (Å²) in [7, 11) is 0.879. The van der Waals surface area contributed by atoms with E-state index in [1.807, 2.05) is 30.3 Å². The molecule has 0 amide bonds. The topological polar surface area (TPSA) is 233 Å². The summed E-state index contributed by atoms with van der Waals surface area (Å²) in [5.41, 5.74) is -6.35. The third-order valence-electron chi connectivity index (χ3n) is 7.40. The Morgan fingerprint density at radius 2 is 1.69 bits per heavy atom. The molecule has 2 fully saturated rings.